The molecule has 0 saturated heterocycles. The smallest absolute Gasteiger partial charge is 0.150 e. The van der Waals surface area contributed by atoms with E-state index in [1.807, 2.05) is 30.3 Å². The van der Waals surface area contributed by atoms with Gasteiger partial charge in [-0.05, 0) is 29.8 Å². The molecule has 0 bridgehead atoms. The topological polar surface area (TPSA) is 26.3 Å². The van der Waals surface area contributed by atoms with Gasteiger partial charge in [-0.2, -0.15) is 0 Å². The predicted molar refractivity (Wildman–Crippen MR) is 88.0 cm³/mol. The Morgan fingerprint density at radius 1 is 0.870 bits per heavy atom. The average molecular weight is 306 g/mol. The molecule has 0 aromatic heterocycles. The molecule has 2 nitrogen and oxygen atoms in total. The maximum Gasteiger partial charge on any atom is 0.150 e. The van der Waals surface area contributed by atoms with Crippen molar-refractivity contribution in [2.45, 2.75) is 6.61 Å². The highest BCUT2D eigenvalue weighted by Gasteiger charge is 2.12. The first-order valence-corrected chi connectivity index (χ1v) is 7.29. The lowest BCUT2D eigenvalue weighted by Gasteiger charge is -2.13. The van der Waals surface area contributed by atoms with Crippen LogP contribution in [0.1, 0.15) is 15.9 Å². The summed E-state index contributed by atoms with van der Waals surface area (Å²) in [6.45, 7) is 0.378. The van der Waals surface area contributed by atoms with E-state index in [-0.39, 0.29) is 5.82 Å². The van der Waals surface area contributed by atoms with Crippen LogP contribution >= 0.6 is 0 Å². The lowest BCUT2D eigenvalue weighted by atomic mass is 10.0. The van der Waals surface area contributed by atoms with Crippen LogP contribution in [0.4, 0.5) is 4.39 Å². The number of benzene rings is 3. The lowest BCUT2D eigenvalue weighted by Crippen LogP contribution is -1.98. The highest BCUT2D eigenvalue weighted by molar-refractivity contribution is 5.81. The van der Waals surface area contributed by atoms with Crippen LogP contribution in [0.2, 0.25) is 0 Å². The van der Waals surface area contributed by atoms with Crippen molar-refractivity contribution in [1.29, 1.82) is 0 Å². The fourth-order valence-electron chi connectivity index (χ4n) is 2.37. The van der Waals surface area contributed by atoms with Gasteiger partial charge in [0.15, 0.2) is 0 Å². The van der Waals surface area contributed by atoms with E-state index in [1.54, 1.807) is 36.4 Å². The molecule has 0 N–H and O–H groups in total. The van der Waals surface area contributed by atoms with E-state index in [0.717, 1.165) is 11.8 Å². The number of carbonyl (C=O) groups is 1. The van der Waals surface area contributed by atoms with Crippen molar-refractivity contribution in [1.82, 2.24) is 0 Å². The Balaban J connectivity index is 1.96. The number of halogens is 1. The van der Waals surface area contributed by atoms with Crippen molar-refractivity contribution in [2.75, 3.05) is 0 Å². The van der Waals surface area contributed by atoms with Crippen LogP contribution in [0.5, 0.6) is 5.75 Å². The molecule has 0 aliphatic rings. The van der Waals surface area contributed by atoms with Crippen LogP contribution in [0.15, 0.2) is 72.8 Å². The van der Waals surface area contributed by atoms with Crippen LogP contribution < -0.4 is 4.74 Å². The monoisotopic (exact) mass is 306 g/mol. The molecule has 0 fully saturated rings. The minimum Gasteiger partial charge on any atom is -0.488 e. The van der Waals surface area contributed by atoms with Gasteiger partial charge in [-0.15, -0.1) is 0 Å². The molecule has 0 unspecified atom stereocenters. The molecule has 0 heterocycles. The van der Waals surface area contributed by atoms with Gasteiger partial charge < -0.3 is 4.74 Å². The van der Waals surface area contributed by atoms with Crippen molar-refractivity contribution in [3.05, 3.63) is 89.7 Å². The molecule has 0 amide bonds. The molecule has 3 rings (SSSR count). The third-order valence-electron chi connectivity index (χ3n) is 3.54. The second kappa shape index (κ2) is 6.88. The molecule has 3 aromatic rings. The summed E-state index contributed by atoms with van der Waals surface area (Å²) in [6, 6.07) is 21.2. The minimum atomic E-state index is -0.347. The SMILES string of the molecule is O=Cc1ccc(OCc2ccccc2)c(-c2ccccc2F)c1. The van der Waals surface area contributed by atoms with Gasteiger partial charge in [0.05, 0.1) is 0 Å². The maximum absolute atomic E-state index is 14.1. The quantitative estimate of drug-likeness (QED) is 0.628. The summed E-state index contributed by atoms with van der Waals surface area (Å²) < 4.78 is 20.0. The second-order valence-corrected chi connectivity index (χ2v) is 5.13. The van der Waals surface area contributed by atoms with E-state index >= 15 is 0 Å². The van der Waals surface area contributed by atoms with Crippen LogP contribution in [0.3, 0.4) is 0 Å². The summed E-state index contributed by atoms with van der Waals surface area (Å²) in [4.78, 5) is 11.0. The average Bonchev–Trinajstić information content (AvgIpc) is 2.61. The molecule has 0 spiro atoms. The Kier molecular flexibility index (Phi) is 4.48. The van der Waals surface area contributed by atoms with Crippen molar-refractivity contribution in [2.24, 2.45) is 0 Å². The minimum absolute atomic E-state index is 0.347. The van der Waals surface area contributed by atoms with E-state index in [0.29, 0.717) is 29.0 Å². The van der Waals surface area contributed by atoms with Gasteiger partial charge in [-0.3, -0.25) is 4.79 Å². The Bertz CT molecular complexity index is 813. The molecule has 0 aliphatic heterocycles. The molecule has 0 atom stereocenters. The molecular formula is C20H15FO2. The summed E-state index contributed by atoms with van der Waals surface area (Å²) in [5.41, 5.74) is 2.49. The van der Waals surface area contributed by atoms with Gasteiger partial charge >= 0.3 is 0 Å². The molecule has 0 aliphatic carbocycles. The highest BCUT2D eigenvalue weighted by Crippen LogP contribution is 2.33. The van der Waals surface area contributed by atoms with Gasteiger partial charge in [0, 0.05) is 16.7 Å². The van der Waals surface area contributed by atoms with Crippen molar-refractivity contribution in [3.63, 3.8) is 0 Å². The summed E-state index contributed by atoms with van der Waals surface area (Å²) in [7, 11) is 0. The van der Waals surface area contributed by atoms with Gasteiger partial charge in [0.1, 0.15) is 24.5 Å². The van der Waals surface area contributed by atoms with Crippen LogP contribution in [-0.4, -0.2) is 6.29 Å². The van der Waals surface area contributed by atoms with E-state index in [9.17, 15) is 9.18 Å². The maximum atomic E-state index is 14.1. The van der Waals surface area contributed by atoms with E-state index < -0.39 is 0 Å². The fraction of sp³-hybridized carbons (Fsp3) is 0.0500. The number of rotatable bonds is 5. The number of hydrogen-bond acceptors (Lipinski definition) is 2. The number of aldehydes is 1. The first-order valence-electron chi connectivity index (χ1n) is 7.29. The second-order valence-electron chi connectivity index (χ2n) is 5.13. The van der Waals surface area contributed by atoms with E-state index in [2.05, 4.69) is 0 Å². The largest absolute Gasteiger partial charge is 0.488 e. The van der Waals surface area contributed by atoms with Crippen LogP contribution in [0, 0.1) is 5.82 Å². The first-order chi connectivity index (χ1) is 11.3. The summed E-state index contributed by atoms with van der Waals surface area (Å²) in [6.07, 6.45) is 0.741. The third-order valence-corrected chi connectivity index (χ3v) is 3.54. The summed E-state index contributed by atoms with van der Waals surface area (Å²) in [5, 5.41) is 0. The lowest BCUT2D eigenvalue weighted by molar-refractivity contribution is 0.112. The van der Waals surface area contributed by atoms with Gasteiger partial charge in [-0.25, -0.2) is 4.39 Å². The number of ether oxygens (including phenoxy) is 1. The van der Waals surface area contributed by atoms with E-state index in [4.69, 9.17) is 4.74 Å². The Morgan fingerprint density at radius 3 is 2.35 bits per heavy atom. The molecule has 0 saturated carbocycles. The molecule has 3 aromatic carbocycles. The normalized spacial score (nSPS) is 10.3. The van der Waals surface area contributed by atoms with Crippen LogP contribution in [0.25, 0.3) is 11.1 Å². The molecular weight excluding hydrogens is 291 g/mol. The summed E-state index contributed by atoms with van der Waals surface area (Å²) >= 11 is 0. The summed E-state index contributed by atoms with van der Waals surface area (Å²) in [5.74, 6) is 0.199. The first kappa shape index (κ1) is 15.0. The zero-order valence-corrected chi connectivity index (χ0v) is 12.4. The third kappa shape index (κ3) is 3.46. The molecule has 23 heavy (non-hydrogen) atoms. The van der Waals surface area contributed by atoms with Crippen molar-refractivity contribution >= 4 is 6.29 Å². The Morgan fingerprint density at radius 2 is 1.61 bits per heavy atom. The fourth-order valence-corrected chi connectivity index (χ4v) is 2.37. The van der Waals surface area contributed by atoms with Gasteiger partial charge in [0.2, 0.25) is 0 Å². The molecule has 3 heteroatoms. The van der Waals surface area contributed by atoms with Crippen LogP contribution in [-0.2, 0) is 6.61 Å². The highest BCUT2D eigenvalue weighted by atomic mass is 19.1. The number of hydrogen-bond donors (Lipinski definition) is 0. The van der Waals surface area contributed by atoms with Gasteiger partial charge in [-0.1, -0.05) is 48.5 Å². The Hall–Kier alpha value is -2.94. The number of carbonyl (C=O) groups excluding carboxylic acids is 1. The standard InChI is InChI=1S/C20H15FO2/c21-19-9-5-4-8-17(19)18-12-16(13-22)10-11-20(18)23-14-15-6-2-1-3-7-15/h1-13H,14H2. The zero-order valence-electron chi connectivity index (χ0n) is 12.4. The zero-order chi connectivity index (χ0) is 16.1. The molecule has 0 radical (unpaired) electrons. The van der Waals surface area contributed by atoms with Gasteiger partial charge in [0.25, 0.3) is 0 Å². The van der Waals surface area contributed by atoms with Crippen molar-refractivity contribution < 1.29 is 13.9 Å². The predicted octanol–water partition coefficient (Wildman–Crippen LogP) is 4.88. The Labute approximate surface area is 134 Å². The van der Waals surface area contributed by atoms with Crippen molar-refractivity contribution in [3.8, 4) is 16.9 Å². The molecule has 114 valence electrons. The van der Waals surface area contributed by atoms with E-state index in [1.165, 1.54) is 6.07 Å².